The van der Waals surface area contributed by atoms with Gasteiger partial charge in [0.2, 0.25) is 0 Å². The number of hydrogen-bond acceptors (Lipinski definition) is 7. The van der Waals surface area contributed by atoms with E-state index in [2.05, 4.69) is 11.9 Å². The fourth-order valence-corrected chi connectivity index (χ4v) is 3.71. The second kappa shape index (κ2) is 9.31. The quantitative estimate of drug-likeness (QED) is 0.442. The number of rotatable bonds is 4. The van der Waals surface area contributed by atoms with Crippen molar-refractivity contribution in [3.63, 3.8) is 0 Å². The van der Waals surface area contributed by atoms with E-state index in [9.17, 15) is 9.90 Å². The van der Waals surface area contributed by atoms with Gasteiger partial charge in [-0.25, -0.2) is 0 Å². The molecule has 0 saturated carbocycles. The van der Waals surface area contributed by atoms with Gasteiger partial charge in [-0.05, 0) is 38.3 Å². The first kappa shape index (κ1) is 19.9. The monoisotopic (exact) mass is 351 g/mol. The predicted octanol–water partition coefficient (Wildman–Crippen LogP) is -0.121. The molecule has 2 aliphatic heterocycles. The molecule has 4 atom stereocenters. The van der Waals surface area contributed by atoms with Gasteiger partial charge in [-0.1, -0.05) is 30.3 Å². The third kappa shape index (κ3) is 5.52. The molecule has 4 N–H and O–H groups in total. The molecule has 2 aliphatic rings. The number of nitrogens with zero attached hydrogens (tertiary/aromatic N) is 1. The molecule has 1 aromatic rings. The van der Waals surface area contributed by atoms with E-state index in [0.29, 0.717) is 12.1 Å². The van der Waals surface area contributed by atoms with Gasteiger partial charge in [0, 0.05) is 12.1 Å². The molecule has 0 spiro atoms. The Hall–Kier alpha value is -1.45. The van der Waals surface area contributed by atoms with Crippen molar-refractivity contribution in [2.24, 2.45) is 0 Å². The molecule has 0 amide bonds. The summed E-state index contributed by atoms with van der Waals surface area (Å²) in [6.45, 7) is -0.206. The molecule has 2 bridgehead atoms. The number of ether oxygens (including phenoxy) is 1. The fraction of sp³-hybridized carbons (Fsp3) is 0.588. The number of hydrogen-bond donors (Lipinski definition) is 4. The van der Waals surface area contributed by atoms with E-state index < -0.39 is 13.2 Å². The van der Waals surface area contributed by atoms with Crippen LogP contribution in [0, 0.1) is 0 Å². The zero-order valence-electron chi connectivity index (χ0n) is 14.4. The van der Waals surface area contributed by atoms with Crippen molar-refractivity contribution in [1.29, 1.82) is 0 Å². The van der Waals surface area contributed by atoms with Crippen molar-refractivity contribution in [3.8, 4) is 0 Å². The van der Waals surface area contributed by atoms with E-state index in [4.69, 9.17) is 19.8 Å². The summed E-state index contributed by atoms with van der Waals surface area (Å²) >= 11 is 0. The van der Waals surface area contributed by atoms with E-state index in [1.807, 2.05) is 30.3 Å². The lowest BCUT2D eigenvalue weighted by Gasteiger charge is -2.36. The number of aliphatic hydroxyl groups is 1. The molecule has 0 aromatic heterocycles. The van der Waals surface area contributed by atoms with Crippen LogP contribution in [-0.2, 0) is 9.53 Å². The van der Waals surface area contributed by atoms with Crippen LogP contribution in [0.1, 0.15) is 37.2 Å². The molecule has 2 unspecified atom stereocenters. The summed E-state index contributed by atoms with van der Waals surface area (Å²) in [4.78, 5) is 14.8. The van der Waals surface area contributed by atoms with Gasteiger partial charge >= 0.3 is 13.3 Å². The number of piperidine rings is 1. The van der Waals surface area contributed by atoms with Crippen LogP contribution >= 0.6 is 0 Å². The van der Waals surface area contributed by atoms with Crippen molar-refractivity contribution in [2.75, 3.05) is 13.7 Å². The average Bonchev–Trinajstić information content (AvgIpc) is 2.78. The van der Waals surface area contributed by atoms with E-state index in [1.54, 1.807) is 0 Å². The normalized spacial score (nSPS) is 26.4. The molecule has 0 aliphatic carbocycles. The van der Waals surface area contributed by atoms with Gasteiger partial charge < -0.3 is 29.8 Å². The number of carbonyl (C=O) groups is 1. The molecule has 2 heterocycles. The van der Waals surface area contributed by atoms with Gasteiger partial charge in [0.1, 0.15) is 12.0 Å². The Labute approximate surface area is 148 Å². The maximum absolute atomic E-state index is 12.4. The SMILES string of the molecule is CN1[C@@H]2CC[C@H]1CC(OC(=O)C(CO)c1ccccc1)C2.OB(O)O. The maximum Gasteiger partial charge on any atom is 0.631 e. The molecular formula is C17H26BNO6. The van der Waals surface area contributed by atoms with Crippen LogP contribution in [0.4, 0.5) is 0 Å². The minimum Gasteiger partial charge on any atom is -0.462 e. The van der Waals surface area contributed by atoms with Gasteiger partial charge in [-0.3, -0.25) is 4.79 Å². The molecule has 3 rings (SSSR count). The lowest BCUT2D eigenvalue weighted by molar-refractivity contribution is -0.155. The van der Waals surface area contributed by atoms with Crippen LogP contribution in [0.15, 0.2) is 30.3 Å². The van der Waals surface area contributed by atoms with Gasteiger partial charge in [0.05, 0.1) is 6.61 Å². The zero-order chi connectivity index (χ0) is 18.4. The van der Waals surface area contributed by atoms with Crippen LogP contribution < -0.4 is 0 Å². The minimum atomic E-state index is -2.17. The fourth-order valence-electron chi connectivity index (χ4n) is 3.71. The summed E-state index contributed by atoms with van der Waals surface area (Å²) in [6.07, 6.45) is 4.26. The third-order valence-electron chi connectivity index (χ3n) is 5.01. The smallest absolute Gasteiger partial charge is 0.462 e. The van der Waals surface area contributed by atoms with Crippen LogP contribution in [0.3, 0.4) is 0 Å². The Morgan fingerprint density at radius 1 is 1.20 bits per heavy atom. The largest absolute Gasteiger partial charge is 0.631 e. The molecule has 2 fully saturated rings. The lowest BCUT2D eigenvalue weighted by atomic mass is 9.98. The number of benzene rings is 1. The summed E-state index contributed by atoms with van der Waals surface area (Å²) in [7, 11) is 0.000864. The average molecular weight is 351 g/mol. The van der Waals surface area contributed by atoms with Gasteiger partial charge in [0.15, 0.2) is 0 Å². The van der Waals surface area contributed by atoms with Crippen molar-refractivity contribution < 1.29 is 29.7 Å². The highest BCUT2D eigenvalue weighted by atomic mass is 16.5. The van der Waals surface area contributed by atoms with Crippen LogP contribution in [0.2, 0.25) is 0 Å². The van der Waals surface area contributed by atoms with Gasteiger partial charge in [0.25, 0.3) is 0 Å². The van der Waals surface area contributed by atoms with Crippen LogP contribution in [0.25, 0.3) is 0 Å². The number of fused-ring (bicyclic) bond motifs is 2. The summed E-state index contributed by atoms with van der Waals surface area (Å²) in [5.74, 6) is -0.860. The van der Waals surface area contributed by atoms with Crippen molar-refractivity contribution in [2.45, 2.75) is 49.8 Å². The number of esters is 1. The topological polar surface area (TPSA) is 110 Å². The number of aliphatic hydroxyl groups excluding tert-OH is 1. The molecule has 0 radical (unpaired) electrons. The molecule has 1 aromatic carbocycles. The molecule has 25 heavy (non-hydrogen) atoms. The summed E-state index contributed by atoms with van der Waals surface area (Å²) in [5, 5.41) is 31.0. The third-order valence-corrected chi connectivity index (χ3v) is 5.01. The Morgan fingerprint density at radius 2 is 1.72 bits per heavy atom. The summed E-state index contributed by atoms with van der Waals surface area (Å²) in [6, 6.07) is 10.5. The van der Waals surface area contributed by atoms with E-state index in [-0.39, 0.29) is 18.7 Å². The first-order valence-electron chi connectivity index (χ1n) is 8.54. The van der Waals surface area contributed by atoms with Crippen LogP contribution in [0.5, 0.6) is 0 Å². The van der Waals surface area contributed by atoms with Gasteiger partial charge in [-0.2, -0.15) is 0 Å². The second-order valence-corrected chi connectivity index (χ2v) is 6.57. The van der Waals surface area contributed by atoms with Crippen molar-refractivity contribution in [3.05, 3.63) is 35.9 Å². The Bertz CT molecular complexity index is 526. The molecule has 2 saturated heterocycles. The Morgan fingerprint density at radius 3 is 2.20 bits per heavy atom. The van der Waals surface area contributed by atoms with Crippen LogP contribution in [-0.4, -0.2) is 70.2 Å². The second-order valence-electron chi connectivity index (χ2n) is 6.57. The molecule has 7 nitrogen and oxygen atoms in total. The highest BCUT2D eigenvalue weighted by Crippen LogP contribution is 2.36. The molecule has 8 heteroatoms. The molecular weight excluding hydrogens is 325 g/mol. The standard InChI is InChI=1S/C17H23NO3.BH3O3/c1-18-13-7-8-14(18)10-15(9-13)21-17(20)16(11-19)12-5-3-2-4-6-12;2-1(3)4/h2-6,13-16,19H,7-11H2,1H3;2-4H/t13-,14+,15?,16?;. The zero-order valence-corrected chi connectivity index (χ0v) is 14.4. The first-order chi connectivity index (χ1) is 11.9. The van der Waals surface area contributed by atoms with Gasteiger partial charge in [-0.15, -0.1) is 0 Å². The Balaban J connectivity index is 0.000000511. The number of carbonyl (C=O) groups excluding carboxylic acids is 1. The Kier molecular flexibility index (Phi) is 7.40. The summed E-state index contributed by atoms with van der Waals surface area (Å²) < 4.78 is 5.70. The predicted molar refractivity (Wildman–Crippen MR) is 92.4 cm³/mol. The van der Waals surface area contributed by atoms with Crippen molar-refractivity contribution >= 4 is 13.3 Å². The summed E-state index contributed by atoms with van der Waals surface area (Å²) in [5.41, 5.74) is 0.820. The molecule has 138 valence electrons. The highest BCUT2D eigenvalue weighted by Gasteiger charge is 2.40. The first-order valence-corrected chi connectivity index (χ1v) is 8.54. The highest BCUT2D eigenvalue weighted by molar-refractivity contribution is 6.30. The van der Waals surface area contributed by atoms with Crippen molar-refractivity contribution in [1.82, 2.24) is 4.90 Å². The van der Waals surface area contributed by atoms with E-state index in [0.717, 1.165) is 18.4 Å². The maximum atomic E-state index is 12.4. The van der Waals surface area contributed by atoms with E-state index >= 15 is 0 Å². The minimum absolute atomic E-state index is 0.00367. The van der Waals surface area contributed by atoms with E-state index in [1.165, 1.54) is 12.8 Å². The lowest BCUT2D eigenvalue weighted by Crippen LogP contribution is -2.43.